The number of ether oxygens (including phenoxy) is 4. The van der Waals surface area contributed by atoms with E-state index in [1.165, 1.54) is 6.92 Å². The highest BCUT2D eigenvalue weighted by molar-refractivity contribution is 5.72. The van der Waals surface area contributed by atoms with Gasteiger partial charge >= 0.3 is 11.9 Å². The molecule has 3 saturated heterocycles. The lowest BCUT2D eigenvalue weighted by Gasteiger charge is -2.62. The van der Waals surface area contributed by atoms with Gasteiger partial charge in [0.1, 0.15) is 17.3 Å². The summed E-state index contributed by atoms with van der Waals surface area (Å²) in [4.78, 5) is 24.8. The monoisotopic (exact) mass is 504 g/mol. The van der Waals surface area contributed by atoms with Crippen molar-refractivity contribution in [1.29, 1.82) is 0 Å². The van der Waals surface area contributed by atoms with Gasteiger partial charge in [0.15, 0.2) is 5.79 Å². The van der Waals surface area contributed by atoms with E-state index in [1.54, 1.807) is 0 Å². The largest absolute Gasteiger partial charge is 0.463 e. The zero-order valence-corrected chi connectivity index (χ0v) is 22.6. The molecule has 7 heteroatoms. The van der Waals surface area contributed by atoms with Gasteiger partial charge in [0.05, 0.1) is 12.7 Å². The van der Waals surface area contributed by atoms with Gasteiger partial charge < -0.3 is 24.1 Å². The van der Waals surface area contributed by atoms with Crippen LogP contribution in [-0.4, -0.2) is 52.8 Å². The highest BCUT2D eigenvalue weighted by Crippen LogP contribution is 2.68. The smallest absolute Gasteiger partial charge is 0.306 e. The molecule has 202 valence electrons. The number of hydrogen-bond donors (Lipinski definition) is 1. The third kappa shape index (κ3) is 3.34. The maximum Gasteiger partial charge on any atom is 0.306 e. The lowest BCUT2D eigenvalue weighted by molar-refractivity contribution is -0.289. The van der Waals surface area contributed by atoms with E-state index in [-0.39, 0.29) is 53.2 Å². The lowest BCUT2D eigenvalue weighted by atomic mass is 9.47. The quantitative estimate of drug-likeness (QED) is 0.530. The normalized spacial score (nSPS) is 56.1. The molecule has 3 aliphatic carbocycles. The molecule has 6 fully saturated rings. The number of esters is 2. The van der Waals surface area contributed by atoms with Gasteiger partial charge in [-0.15, -0.1) is 0 Å². The van der Waals surface area contributed by atoms with Gasteiger partial charge in [-0.3, -0.25) is 9.59 Å². The zero-order valence-electron chi connectivity index (χ0n) is 22.6. The predicted molar refractivity (Wildman–Crippen MR) is 131 cm³/mol. The van der Waals surface area contributed by atoms with E-state index in [4.69, 9.17) is 18.9 Å². The molecule has 0 amide bonds. The summed E-state index contributed by atoms with van der Waals surface area (Å²) in [6.45, 7) is 10.8. The fourth-order valence-corrected chi connectivity index (χ4v) is 9.98. The molecule has 0 radical (unpaired) electrons. The van der Waals surface area contributed by atoms with Gasteiger partial charge in [-0.2, -0.15) is 0 Å². The molecule has 6 aliphatic rings. The first kappa shape index (κ1) is 25.1. The van der Waals surface area contributed by atoms with E-state index >= 15 is 0 Å². The van der Waals surface area contributed by atoms with Crippen LogP contribution in [-0.2, 0) is 28.5 Å². The molecule has 2 spiro atoms. The Hall–Kier alpha value is -1.18. The van der Waals surface area contributed by atoms with Gasteiger partial charge in [0.25, 0.3) is 0 Å². The maximum atomic E-state index is 13.3. The summed E-state index contributed by atoms with van der Waals surface area (Å²) in [6.07, 6.45) is 7.18. The first-order valence-electron chi connectivity index (χ1n) is 14.3. The number of carbonyl (C=O) groups excluding carboxylic acids is 2. The van der Waals surface area contributed by atoms with Crippen molar-refractivity contribution < 1.29 is 33.6 Å². The van der Waals surface area contributed by atoms with Crippen LogP contribution in [0.15, 0.2) is 0 Å². The maximum absolute atomic E-state index is 13.3. The van der Waals surface area contributed by atoms with Crippen LogP contribution in [0.1, 0.15) is 92.4 Å². The standard InChI is InChI=1S/C29H44O7/c1-16-8-11-29(33-15-16)17(2)25-23(35-29)14-28(27(25,5)32)21-7-6-19-12-20(34-18(3)30)9-10-26(19,4)22(21)13-24(31)36-28/h16-17,19-23,25,32H,6-15H2,1-5H3/t16-,17-,19-,20-,21+,22-,23-,25-,26-,27+,28-,29+/m0/s1. The van der Waals surface area contributed by atoms with Gasteiger partial charge in [0.2, 0.25) is 0 Å². The number of rotatable bonds is 1. The third-order valence-corrected chi connectivity index (χ3v) is 11.8. The second-order valence-electron chi connectivity index (χ2n) is 13.7. The van der Waals surface area contributed by atoms with Gasteiger partial charge in [-0.25, -0.2) is 0 Å². The molecule has 0 aromatic rings. The zero-order chi connectivity index (χ0) is 25.7. The fourth-order valence-electron chi connectivity index (χ4n) is 9.98. The van der Waals surface area contributed by atoms with E-state index in [0.29, 0.717) is 31.3 Å². The van der Waals surface area contributed by atoms with Crippen LogP contribution in [0.3, 0.4) is 0 Å². The van der Waals surface area contributed by atoms with E-state index < -0.39 is 17.0 Å². The van der Waals surface area contributed by atoms with E-state index in [0.717, 1.165) is 44.9 Å². The second kappa shape index (κ2) is 8.16. The van der Waals surface area contributed by atoms with Crippen LogP contribution in [0, 0.1) is 40.9 Å². The molecule has 3 aliphatic heterocycles. The first-order valence-corrected chi connectivity index (χ1v) is 14.3. The number of hydrogen-bond acceptors (Lipinski definition) is 7. The Bertz CT molecular complexity index is 923. The van der Waals surface area contributed by atoms with Crippen molar-refractivity contribution in [3.63, 3.8) is 0 Å². The van der Waals surface area contributed by atoms with E-state index in [1.807, 2.05) is 6.92 Å². The SMILES string of the molecule is CC(=O)O[C@H]1CC[C@@]2(C)[C@@H](CC[C@@H]3[C@@H]2CC(=O)O[C@@]32C[C@@H]3O[C@]4(CC[C@H](C)CO4)[C@@H](C)[C@@H]3[C@@]2(C)O)C1. The summed E-state index contributed by atoms with van der Waals surface area (Å²) in [6, 6.07) is 0. The Kier molecular flexibility index (Phi) is 5.69. The van der Waals surface area contributed by atoms with Crippen molar-refractivity contribution in [2.45, 2.75) is 122 Å². The molecule has 0 aromatic carbocycles. The van der Waals surface area contributed by atoms with Crippen LogP contribution >= 0.6 is 0 Å². The molecule has 6 rings (SSSR count). The van der Waals surface area contributed by atoms with Gasteiger partial charge in [-0.05, 0) is 68.6 Å². The van der Waals surface area contributed by atoms with Crippen LogP contribution in [0.4, 0.5) is 0 Å². The minimum atomic E-state index is -1.19. The molecule has 3 heterocycles. The fraction of sp³-hybridized carbons (Fsp3) is 0.931. The summed E-state index contributed by atoms with van der Waals surface area (Å²) in [7, 11) is 0. The van der Waals surface area contributed by atoms with Crippen molar-refractivity contribution in [3.05, 3.63) is 0 Å². The predicted octanol–water partition coefficient (Wildman–Crippen LogP) is 4.39. The molecule has 0 bridgehead atoms. The highest BCUT2D eigenvalue weighted by atomic mass is 16.7. The summed E-state index contributed by atoms with van der Waals surface area (Å²) in [5.74, 6) is 0.0209. The molecule has 0 unspecified atom stereocenters. The van der Waals surface area contributed by atoms with Crippen molar-refractivity contribution in [1.82, 2.24) is 0 Å². The summed E-state index contributed by atoms with van der Waals surface area (Å²) >= 11 is 0. The number of aliphatic hydroxyl groups is 1. The average Bonchev–Trinajstić information content (AvgIpc) is 3.18. The topological polar surface area (TPSA) is 91.3 Å². The molecule has 36 heavy (non-hydrogen) atoms. The summed E-state index contributed by atoms with van der Waals surface area (Å²) < 4.78 is 25.0. The Labute approximate surface area is 214 Å². The molecule has 0 aromatic heterocycles. The molecular weight excluding hydrogens is 460 g/mol. The van der Waals surface area contributed by atoms with Crippen LogP contribution < -0.4 is 0 Å². The Morgan fingerprint density at radius 2 is 1.86 bits per heavy atom. The van der Waals surface area contributed by atoms with E-state index in [2.05, 4.69) is 20.8 Å². The Morgan fingerprint density at radius 1 is 1.08 bits per heavy atom. The van der Waals surface area contributed by atoms with E-state index in [9.17, 15) is 14.7 Å². The minimum absolute atomic E-state index is 0.0227. The Balaban J connectivity index is 1.29. The summed E-state index contributed by atoms with van der Waals surface area (Å²) in [5.41, 5.74) is -2.15. The van der Waals surface area contributed by atoms with Gasteiger partial charge in [0, 0.05) is 43.9 Å². The second-order valence-corrected chi connectivity index (χ2v) is 13.7. The van der Waals surface area contributed by atoms with Crippen molar-refractivity contribution >= 4 is 11.9 Å². The summed E-state index contributed by atoms with van der Waals surface area (Å²) in [5, 5.41) is 12.4. The van der Waals surface area contributed by atoms with Crippen molar-refractivity contribution in [2.75, 3.05) is 6.61 Å². The first-order chi connectivity index (χ1) is 16.9. The van der Waals surface area contributed by atoms with Gasteiger partial charge in [-0.1, -0.05) is 20.8 Å². The molecule has 1 N–H and O–H groups in total. The highest BCUT2D eigenvalue weighted by Gasteiger charge is 2.76. The number of fused-ring (bicyclic) bond motifs is 5. The molecule has 7 nitrogen and oxygen atoms in total. The van der Waals surface area contributed by atoms with Crippen molar-refractivity contribution in [2.24, 2.45) is 40.9 Å². The number of carbonyl (C=O) groups is 2. The molecular formula is C29H44O7. The lowest BCUT2D eigenvalue weighted by Crippen LogP contribution is -2.67. The third-order valence-electron chi connectivity index (χ3n) is 11.8. The average molecular weight is 505 g/mol. The molecule has 12 atom stereocenters. The minimum Gasteiger partial charge on any atom is -0.463 e. The van der Waals surface area contributed by atoms with Crippen LogP contribution in [0.5, 0.6) is 0 Å². The van der Waals surface area contributed by atoms with Crippen molar-refractivity contribution in [3.8, 4) is 0 Å². The van der Waals surface area contributed by atoms with Crippen LogP contribution in [0.25, 0.3) is 0 Å². The van der Waals surface area contributed by atoms with Crippen LogP contribution in [0.2, 0.25) is 0 Å². The molecule has 3 saturated carbocycles. The Morgan fingerprint density at radius 3 is 2.53 bits per heavy atom.